The number of nitrogens with zero attached hydrogens (tertiary/aromatic N) is 2. The highest BCUT2D eigenvalue weighted by atomic mass is 19.2. The number of likely N-dealkylation sites (tertiary alicyclic amines) is 2. The first-order chi connectivity index (χ1) is 12.5. The smallest absolute Gasteiger partial charge is 0.240 e. The number of rotatable bonds is 4. The minimum Gasteiger partial charge on any atom is -0.508 e. The first kappa shape index (κ1) is 17.2. The van der Waals surface area contributed by atoms with Gasteiger partial charge in [-0.25, -0.2) is 8.78 Å². The van der Waals surface area contributed by atoms with E-state index in [-0.39, 0.29) is 23.6 Å². The van der Waals surface area contributed by atoms with Gasteiger partial charge in [-0.2, -0.15) is 0 Å². The normalized spacial score (nSPS) is 27.3. The Morgan fingerprint density at radius 1 is 1.12 bits per heavy atom. The van der Waals surface area contributed by atoms with Crippen LogP contribution in [0.3, 0.4) is 0 Å². The third-order valence-corrected chi connectivity index (χ3v) is 5.65. The summed E-state index contributed by atoms with van der Waals surface area (Å²) in [6.07, 6.45) is 3.76. The van der Waals surface area contributed by atoms with E-state index in [1.165, 1.54) is 17.7 Å². The van der Waals surface area contributed by atoms with E-state index in [9.17, 15) is 18.7 Å². The van der Waals surface area contributed by atoms with Crippen LogP contribution in [0, 0.1) is 5.92 Å². The summed E-state index contributed by atoms with van der Waals surface area (Å²) in [5, 5.41) is 9.37. The maximum atomic E-state index is 13.4. The molecule has 1 amide bonds. The standard InChI is InChI=1S/C20H22F2N2O2/c21-17-6-1-13(9-18(17)22)10-23-8-7-19(20(23)26)24-11-15(12-24)14-2-4-16(25)5-3-14/h2-6,9,13,15,19,25H,1,7-8,10-12H2. The van der Waals surface area contributed by atoms with Crippen LogP contribution in [0.15, 0.2) is 48.1 Å². The monoisotopic (exact) mass is 360 g/mol. The molecule has 0 spiro atoms. The number of allylic oxidation sites excluding steroid dienone is 3. The zero-order valence-corrected chi connectivity index (χ0v) is 14.4. The zero-order valence-electron chi connectivity index (χ0n) is 14.4. The lowest BCUT2D eigenvalue weighted by atomic mass is 9.89. The van der Waals surface area contributed by atoms with Crippen LogP contribution in [-0.4, -0.2) is 53.0 Å². The minimum absolute atomic E-state index is 0.0954. The van der Waals surface area contributed by atoms with E-state index in [1.807, 2.05) is 12.1 Å². The second-order valence-corrected chi connectivity index (χ2v) is 7.39. The lowest BCUT2D eigenvalue weighted by Gasteiger charge is -2.42. The molecule has 1 N–H and O–H groups in total. The van der Waals surface area contributed by atoms with Gasteiger partial charge in [0.25, 0.3) is 0 Å². The Morgan fingerprint density at radius 3 is 2.54 bits per heavy atom. The molecular formula is C20H22F2N2O2. The highest BCUT2D eigenvalue weighted by molar-refractivity contribution is 5.84. The summed E-state index contributed by atoms with van der Waals surface area (Å²) in [5.74, 6) is -1.02. The number of carbonyl (C=O) groups is 1. The Morgan fingerprint density at radius 2 is 1.85 bits per heavy atom. The van der Waals surface area contributed by atoms with Crippen molar-refractivity contribution in [3.8, 4) is 5.75 Å². The lowest BCUT2D eigenvalue weighted by Crippen LogP contribution is -2.53. The van der Waals surface area contributed by atoms with Gasteiger partial charge >= 0.3 is 0 Å². The van der Waals surface area contributed by atoms with Crippen LogP contribution in [0.2, 0.25) is 0 Å². The molecule has 2 saturated heterocycles. The van der Waals surface area contributed by atoms with E-state index < -0.39 is 11.7 Å². The average Bonchev–Trinajstić information content (AvgIpc) is 2.92. The highest BCUT2D eigenvalue weighted by Gasteiger charge is 2.42. The van der Waals surface area contributed by atoms with Gasteiger partial charge in [0.1, 0.15) is 5.75 Å². The van der Waals surface area contributed by atoms with Gasteiger partial charge < -0.3 is 10.0 Å². The maximum absolute atomic E-state index is 13.4. The van der Waals surface area contributed by atoms with E-state index >= 15 is 0 Å². The SMILES string of the molecule is O=C1C(N2CC(c3ccc(O)cc3)C2)CCN1CC1C=C(F)C(F)=CC1. The molecule has 2 heterocycles. The molecule has 0 saturated carbocycles. The number of hydrogen-bond donors (Lipinski definition) is 1. The number of aromatic hydroxyl groups is 1. The van der Waals surface area contributed by atoms with Gasteiger partial charge in [-0.3, -0.25) is 9.69 Å². The summed E-state index contributed by atoms with van der Waals surface area (Å²) in [6.45, 7) is 2.78. The summed E-state index contributed by atoms with van der Waals surface area (Å²) in [6, 6.07) is 7.13. The van der Waals surface area contributed by atoms with Crippen molar-refractivity contribution in [2.24, 2.45) is 5.92 Å². The summed E-state index contributed by atoms with van der Waals surface area (Å²) in [4.78, 5) is 16.7. The second-order valence-electron chi connectivity index (χ2n) is 7.39. The summed E-state index contributed by atoms with van der Waals surface area (Å²) in [7, 11) is 0. The van der Waals surface area contributed by atoms with Crippen molar-refractivity contribution in [1.29, 1.82) is 0 Å². The Balaban J connectivity index is 1.31. The van der Waals surface area contributed by atoms with E-state index in [2.05, 4.69) is 4.90 Å². The van der Waals surface area contributed by atoms with Gasteiger partial charge in [0.15, 0.2) is 11.7 Å². The van der Waals surface area contributed by atoms with Crippen LogP contribution < -0.4 is 0 Å². The fourth-order valence-corrected chi connectivity index (χ4v) is 4.08. The van der Waals surface area contributed by atoms with Gasteiger partial charge in [-0.1, -0.05) is 12.1 Å². The fraction of sp³-hybridized carbons (Fsp3) is 0.450. The Bertz CT molecular complexity index is 754. The first-order valence-electron chi connectivity index (χ1n) is 9.06. The molecule has 0 radical (unpaired) electrons. The minimum atomic E-state index is -0.816. The van der Waals surface area contributed by atoms with Crippen LogP contribution in [0.5, 0.6) is 5.75 Å². The van der Waals surface area contributed by atoms with E-state index in [0.29, 0.717) is 25.4 Å². The molecule has 0 aromatic heterocycles. The number of hydrogen-bond acceptors (Lipinski definition) is 3. The Hall–Kier alpha value is -2.21. The molecule has 1 aromatic rings. The van der Waals surface area contributed by atoms with Crippen molar-refractivity contribution in [1.82, 2.24) is 9.80 Å². The third-order valence-electron chi connectivity index (χ3n) is 5.65. The second kappa shape index (κ2) is 6.83. The Kier molecular flexibility index (Phi) is 4.53. The highest BCUT2D eigenvalue weighted by Crippen LogP contribution is 2.33. The lowest BCUT2D eigenvalue weighted by molar-refractivity contribution is -0.134. The molecule has 4 rings (SSSR count). The predicted molar refractivity (Wildman–Crippen MR) is 93.9 cm³/mol. The predicted octanol–water partition coefficient (Wildman–Crippen LogP) is 3.12. The van der Waals surface area contributed by atoms with Gasteiger partial charge in [0, 0.05) is 38.0 Å². The molecule has 2 aliphatic heterocycles. The number of carbonyl (C=O) groups excluding carboxylic acids is 1. The number of amides is 1. The average molecular weight is 360 g/mol. The molecule has 138 valence electrons. The van der Waals surface area contributed by atoms with Crippen molar-refractivity contribution in [2.75, 3.05) is 26.2 Å². The molecule has 2 unspecified atom stereocenters. The molecular weight excluding hydrogens is 338 g/mol. The number of halogens is 2. The molecule has 2 atom stereocenters. The molecule has 1 aliphatic carbocycles. The largest absolute Gasteiger partial charge is 0.508 e. The van der Waals surface area contributed by atoms with Crippen LogP contribution in [0.25, 0.3) is 0 Å². The molecule has 6 heteroatoms. The van der Waals surface area contributed by atoms with Gasteiger partial charge in [0.2, 0.25) is 5.91 Å². The molecule has 26 heavy (non-hydrogen) atoms. The van der Waals surface area contributed by atoms with Crippen molar-refractivity contribution in [2.45, 2.75) is 24.8 Å². The maximum Gasteiger partial charge on any atom is 0.240 e. The molecule has 0 bridgehead atoms. The molecule has 1 aromatic carbocycles. The van der Waals surface area contributed by atoms with E-state index in [4.69, 9.17) is 0 Å². The van der Waals surface area contributed by atoms with Crippen molar-refractivity contribution in [3.63, 3.8) is 0 Å². The van der Waals surface area contributed by atoms with Crippen LogP contribution in [0.1, 0.15) is 24.3 Å². The van der Waals surface area contributed by atoms with Gasteiger partial charge in [-0.15, -0.1) is 0 Å². The molecule has 4 nitrogen and oxygen atoms in total. The van der Waals surface area contributed by atoms with E-state index in [1.54, 1.807) is 17.0 Å². The number of benzene rings is 1. The van der Waals surface area contributed by atoms with E-state index in [0.717, 1.165) is 19.5 Å². The van der Waals surface area contributed by atoms with Crippen molar-refractivity contribution < 1.29 is 18.7 Å². The quantitative estimate of drug-likeness (QED) is 0.897. The fourth-order valence-electron chi connectivity index (χ4n) is 4.08. The van der Waals surface area contributed by atoms with Crippen molar-refractivity contribution >= 4 is 5.91 Å². The summed E-state index contributed by atoms with van der Waals surface area (Å²) < 4.78 is 26.5. The van der Waals surface area contributed by atoms with Crippen molar-refractivity contribution in [3.05, 3.63) is 53.6 Å². The molecule has 3 aliphatic rings. The number of phenols is 1. The first-order valence-corrected chi connectivity index (χ1v) is 9.06. The zero-order chi connectivity index (χ0) is 18.3. The summed E-state index contributed by atoms with van der Waals surface area (Å²) in [5.41, 5.74) is 1.18. The van der Waals surface area contributed by atoms with Crippen LogP contribution in [0.4, 0.5) is 8.78 Å². The molecule has 2 fully saturated rings. The summed E-state index contributed by atoms with van der Waals surface area (Å²) >= 11 is 0. The van der Waals surface area contributed by atoms with Crippen LogP contribution >= 0.6 is 0 Å². The van der Waals surface area contributed by atoms with Gasteiger partial charge in [-0.05, 0) is 42.7 Å². The topological polar surface area (TPSA) is 43.8 Å². The third kappa shape index (κ3) is 3.26. The Labute approximate surface area is 151 Å². The van der Waals surface area contributed by atoms with Gasteiger partial charge in [0.05, 0.1) is 6.04 Å². The number of phenolic OH excluding ortho intramolecular Hbond substituents is 1. The van der Waals surface area contributed by atoms with Crippen LogP contribution in [-0.2, 0) is 4.79 Å².